The van der Waals surface area contributed by atoms with Crippen molar-refractivity contribution in [2.24, 2.45) is 0 Å². The standard InChI is InChI=1S/C16H12Br2/c17-11-9-13-1-5-15(6-2-13)16-7-3-14(4-8-16)10-12-18/h1-12H/b11-9+,12-10+. The highest BCUT2D eigenvalue weighted by atomic mass is 79.9. The lowest BCUT2D eigenvalue weighted by Crippen LogP contribution is -1.79. The molecule has 90 valence electrons. The van der Waals surface area contributed by atoms with Crippen LogP contribution >= 0.6 is 31.9 Å². The molecule has 0 unspecified atom stereocenters. The van der Waals surface area contributed by atoms with Gasteiger partial charge in [0.15, 0.2) is 0 Å². The first-order valence-electron chi connectivity index (χ1n) is 5.57. The molecule has 0 N–H and O–H groups in total. The molecule has 0 atom stereocenters. The number of halogens is 2. The van der Waals surface area contributed by atoms with Crippen molar-refractivity contribution in [3.05, 3.63) is 69.6 Å². The van der Waals surface area contributed by atoms with Crippen LogP contribution in [0.15, 0.2) is 58.5 Å². The summed E-state index contributed by atoms with van der Waals surface area (Å²) >= 11 is 6.56. The van der Waals surface area contributed by atoms with E-state index in [0.29, 0.717) is 0 Å². The minimum absolute atomic E-state index is 1.19. The minimum Gasteiger partial charge on any atom is -0.0595 e. The Bertz CT molecular complexity index is 495. The fraction of sp³-hybridized carbons (Fsp3) is 0. The maximum atomic E-state index is 3.28. The van der Waals surface area contributed by atoms with Crippen molar-refractivity contribution < 1.29 is 0 Å². The molecule has 0 saturated heterocycles. The number of rotatable bonds is 3. The van der Waals surface area contributed by atoms with E-state index in [1.807, 2.05) is 22.1 Å². The Hall–Kier alpha value is -1.12. The highest BCUT2D eigenvalue weighted by molar-refractivity contribution is 9.11. The molecule has 2 aromatic rings. The van der Waals surface area contributed by atoms with Gasteiger partial charge in [0.25, 0.3) is 0 Å². The molecule has 0 aromatic heterocycles. The lowest BCUT2D eigenvalue weighted by Gasteiger charge is -2.03. The molecule has 2 rings (SSSR count). The lowest BCUT2D eigenvalue weighted by molar-refractivity contribution is 1.59. The summed E-state index contributed by atoms with van der Waals surface area (Å²) in [6, 6.07) is 17.0. The highest BCUT2D eigenvalue weighted by Gasteiger charge is 1.97. The van der Waals surface area contributed by atoms with Gasteiger partial charge in [-0.1, -0.05) is 80.4 Å². The fourth-order valence-electron chi connectivity index (χ4n) is 1.72. The third-order valence-corrected chi connectivity index (χ3v) is 3.19. The maximum Gasteiger partial charge on any atom is -0.0183 e. The molecule has 0 fully saturated rings. The van der Waals surface area contributed by atoms with Gasteiger partial charge in [-0.15, -0.1) is 0 Å². The van der Waals surface area contributed by atoms with Crippen molar-refractivity contribution in [2.45, 2.75) is 0 Å². The van der Waals surface area contributed by atoms with E-state index in [2.05, 4.69) is 80.4 Å². The van der Waals surface area contributed by atoms with E-state index < -0.39 is 0 Å². The fourth-order valence-corrected chi connectivity index (χ4v) is 2.33. The van der Waals surface area contributed by atoms with Gasteiger partial charge in [0.05, 0.1) is 0 Å². The number of benzene rings is 2. The van der Waals surface area contributed by atoms with Crippen molar-refractivity contribution in [1.82, 2.24) is 0 Å². The van der Waals surface area contributed by atoms with Crippen LogP contribution in [-0.2, 0) is 0 Å². The van der Waals surface area contributed by atoms with E-state index in [0.717, 1.165) is 0 Å². The van der Waals surface area contributed by atoms with E-state index in [-0.39, 0.29) is 0 Å². The Morgan fingerprint density at radius 1 is 0.556 bits per heavy atom. The SMILES string of the molecule is Br/C=C/c1ccc(-c2ccc(/C=C/Br)cc2)cc1. The van der Waals surface area contributed by atoms with Gasteiger partial charge in [-0.2, -0.15) is 0 Å². The summed E-state index contributed by atoms with van der Waals surface area (Å²) in [6.07, 6.45) is 4.04. The van der Waals surface area contributed by atoms with Gasteiger partial charge in [0.2, 0.25) is 0 Å². The molecule has 18 heavy (non-hydrogen) atoms. The van der Waals surface area contributed by atoms with Gasteiger partial charge in [-0.25, -0.2) is 0 Å². The smallest absolute Gasteiger partial charge is 0.0183 e. The van der Waals surface area contributed by atoms with Gasteiger partial charge >= 0.3 is 0 Å². The molecule has 0 bridgehead atoms. The van der Waals surface area contributed by atoms with Crippen LogP contribution < -0.4 is 0 Å². The third-order valence-electron chi connectivity index (χ3n) is 2.67. The van der Waals surface area contributed by atoms with E-state index in [1.165, 1.54) is 22.3 Å². The molecule has 0 aliphatic heterocycles. The third kappa shape index (κ3) is 3.44. The first-order valence-corrected chi connectivity index (χ1v) is 7.40. The second kappa shape index (κ2) is 6.72. The molecular formula is C16H12Br2. The Morgan fingerprint density at radius 2 is 0.889 bits per heavy atom. The van der Waals surface area contributed by atoms with E-state index >= 15 is 0 Å². The molecule has 0 radical (unpaired) electrons. The second-order valence-corrected chi connectivity index (χ2v) is 4.89. The van der Waals surface area contributed by atoms with Gasteiger partial charge in [0, 0.05) is 0 Å². The summed E-state index contributed by atoms with van der Waals surface area (Å²) in [5.41, 5.74) is 4.84. The van der Waals surface area contributed by atoms with Crippen LogP contribution in [0.25, 0.3) is 23.3 Å². The van der Waals surface area contributed by atoms with Crippen LogP contribution in [-0.4, -0.2) is 0 Å². The minimum atomic E-state index is 1.19. The van der Waals surface area contributed by atoms with Crippen LogP contribution in [0.4, 0.5) is 0 Å². The van der Waals surface area contributed by atoms with Crippen molar-refractivity contribution in [3.63, 3.8) is 0 Å². The van der Waals surface area contributed by atoms with Crippen LogP contribution in [0.1, 0.15) is 11.1 Å². The normalized spacial score (nSPS) is 11.4. The molecule has 0 heterocycles. The maximum absolute atomic E-state index is 3.28. The lowest BCUT2D eigenvalue weighted by atomic mass is 10.0. The van der Waals surface area contributed by atoms with Crippen LogP contribution in [0.3, 0.4) is 0 Å². The zero-order chi connectivity index (χ0) is 12.8. The molecule has 0 amide bonds. The molecule has 0 saturated carbocycles. The summed E-state index contributed by atoms with van der Waals surface area (Å²) in [5.74, 6) is 0. The van der Waals surface area contributed by atoms with E-state index in [4.69, 9.17) is 0 Å². The van der Waals surface area contributed by atoms with Gasteiger partial charge in [-0.05, 0) is 44.4 Å². The molecule has 2 heteroatoms. The topological polar surface area (TPSA) is 0 Å². The Kier molecular flexibility index (Phi) is 4.97. The number of hydrogen-bond acceptors (Lipinski definition) is 0. The molecule has 0 aliphatic rings. The van der Waals surface area contributed by atoms with Crippen molar-refractivity contribution >= 4 is 44.0 Å². The monoisotopic (exact) mass is 362 g/mol. The van der Waals surface area contributed by atoms with E-state index in [9.17, 15) is 0 Å². The largest absolute Gasteiger partial charge is 0.0595 e. The zero-order valence-electron chi connectivity index (χ0n) is 9.68. The van der Waals surface area contributed by atoms with Crippen LogP contribution in [0.5, 0.6) is 0 Å². The molecule has 0 spiro atoms. The molecule has 0 aliphatic carbocycles. The summed E-state index contributed by atoms with van der Waals surface area (Å²) in [7, 11) is 0. The summed E-state index contributed by atoms with van der Waals surface area (Å²) in [4.78, 5) is 3.73. The molecular weight excluding hydrogens is 352 g/mol. The summed E-state index contributed by atoms with van der Waals surface area (Å²) in [5, 5.41) is 0. The predicted molar refractivity (Wildman–Crippen MR) is 87.8 cm³/mol. The summed E-state index contributed by atoms with van der Waals surface area (Å²) in [6.45, 7) is 0. The quantitative estimate of drug-likeness (QED) is 0.619. The Balaban J connectivity index is 2.25. The van der Waals surface area contributed by atoms with E-state index in [1.54, 1.807) is 0 Å². The van der Waals surface area contributed by atoms with Gasteiger partial charge < -0.3 is 0 Å². The number of hydrogen-bond donors (Lipinski definition) is 0. The zero-order valence-corrected chi connectivity index (χ0v) is 12.9. The average molecular weight is 364 g/mol. The average Bonchev–Trinajstić information content (AvgIpc) is 2.41. The molecule has 2 aromatic carbocycles. The molecule has 0 nitrogen and oxygen atoms in total. The van der Waals surface area contributed by atoms with Crippen LogP contribution in [0, 0.1) is 0 Å². The van der Waals surface area contributed by atoms with Gasteiger partial charge in [-0.3, -0.25) is 0 Å². The Morgan fingerprint density at radius 3 is 1.17 bits per heavy atom. The van der Waals surface area contributed by atoms with Crippen molar-refractivity contribution in [3.8, 4) is 11.1 Å². The first kappa shape index (κ1) is 13.3. The van der Waals surface area contributed by atoms with Crippen LogP contribution in [0.2, 0.25) is 0 Å². The van der Waals surface area contributed by atoms with Crippen molar-refractivity contribution in [1.29, 1.82) is 0 Å². The predicted octanol–water partition coefficient (Wildman–Crippen LogP) is 6.08. The second-order valence-electron chi connectivity index (χ2n) is 3.83. The first-order chi connectivity index (χ1) is 8.83. The Labute approximate surface area is 124 Å². The highest BCUT2D eigenvalue weighted by Crippen LogP contribution is 2.21. The van der Waals surface area contributed by atoms with Crippen molar-refractivity contribution in [2.75, 3.05) is 0 Å². The van der Waals surface area contributed by atoms with Gasteiger partial charge in [0.1, 0.15) is 0 Å². The summed E-state index contributed by atoms with van der Waals surface area (Å²) < 4.78 is 0.